The number of pyridine rings is 1. The first-order valence-electron chi connectivity index (χ1n) is 7.86. The fourth-order valence-corrected chi connectivity index (χ4v) is 3.49. The summed E-state index contributed by atoms with van der Waals surface area (Å²) in [6.07, 6.45) is 8.27. The first kappa shape index (κ1) is 14.1. The molecule has 3 rings (SSSR count). The number of rotatable bonds is 4. The van der Waals surface area contributed by atoms with Crippen LogP contribution in [-0.4, -0.2) is 22.0 Å². The third-order valence-electron chi connectivity index (χ3n) is 4.67. The van der Waals surface area contributed by atoms with Crippen LogP contribution in [0.3, 0.4) is 0 Å². The van der Waals surface area contributed by atoms with E-state index in [-0.39, 0.29) is 5.91 Å². The van der Waals surface area contributed by atoms with Crippen LogP contribution in [0, 0.1) is 12.8 Å². The Hall–Kier alpha value is -1.84. The van der Waals surface area contributed by atoms with Crippen molar-refractivity contribution in [3.8, 4) is 0 Å². The molecular formula is C17H23N3O. The van der Waals surface area contributed by atoms with E-state index in [1.807, 2.05) is 30.7 Å². The molecule has 0 radical (unpaired) electrons. The Labute approximate surface area is 125 Å². The lowest BCUT2D eigenvalue weighted by Gasteiger charge is -2.10. The van der Waals surface area contributed by atoms with Crippen LogP contribution in [0.15, 0.2) is 18.3 Å². The molecule has 4 heteroatoms. The van der Waals surface area contributed by atoms with Crippen molar-refractivity contribution in [1.29, 1.82) is 0 Å². The Morgan fingerprint density at radius 1 is 1.43 bits per heavy atom. The number of hydrogen-bond donors (Lipinski definition) is 1. The summed E-state index contributed by atoms with van der Waals surface area (Å²) in [4.78, 5) is 16.7. The normalized spacial score (nSPS) is 15.7. The smallest absolute Gasteiger partial charge is 0.267 e. The maximum atomic E-state index is 12.4. The van der Waals surface area contributed by atoms with Crippen molar-refractivity contribution in [2.45, 2.75) is 39.0 Å². The Morgan fingerprint density at radius 3 is 2.90 bits per heavy atom. The topological polar surface area (TPSA) is 46.9 Å². The molecule has 1 amide bonds. The van der Waals surface area contributed by atoms with Crippen LogP contribution in [0.25, 0.3) is 10.9 Å². The number of carbonyl (C=O) groups excluding carboxylic acids is 1. The van der Waals surface area contributed by atoms with E-state index < -0.39 is 0 Å². The highest BCUT2D eigenvalue weighted by atomic mass is 16.1. The molecule has 1 aliphatic carbocycles. The minimum Gasteiger partial charge on any atom is -0.351 e. The molecule has 0 aliphatic heterocycles. The van der Waals surface area contributed by atoms with Crippen molar-refractivity contribution in [2.24, 2.45) is 13.0 Å². The molecule has 1 aliphatic rings. The van der Waals surface area contributed by atoms with E-state index in [9.17, 15) is 4.79 Å². The average Bonchev–Trinajstić information content (AvgIpc) is 3.08. The Bertz CT molecular complexity index is 653. The second-order valence-corrected chi connectivity index (χ2v) is 6.12. The molecule has 1 N–H and O–H groups in total. The highest BCUT2D eigenvalue weighted by Crippen LogP contribution is 2.27. The number of aromatic nitrogens is 2. The summed E-state index contributed by atoms with van der Waals surface area (Å²) >= 11 is 0. The molecule has 0 aromatic carbocycles. The van der Waals surface area contributed by atoms with E-state index in [2.05, 4.69) is 10.3 Å². The first-order valence-corrected chi connectivity index (χ1v) is 7.86. The van der Waals surface area contributed by atoms with E-state index in [1.54, 1.807) is 6.20 Å². The molecule has 112 valence electrons. The fraction of sp³-hybridized carbons (Fsp3) is 0.529. The van der Waals surface area contributed by atoms with Gasteiger partial charge < -0.3 is 9.88 Å². The van der Waals surface area contributed by atoms with E-state index in [1.165, 1.54) is 25.7 Å². The summed E-state index contributed by atoms with van der Waals surface area (Å²) in [7, 11) is 1.93. The maximum Gasteiger partial charge on any atom is 0.267 e. The van der Waals surface area contributed by atoms with E-state index in [4.69, 9.17) is 0 Å². The van der Waals surface area contributed by atoms with Crippen LogP contribution in [-0.2, 0) is 7.05 Å². The summed E-state index contributed by atoms with van der Waals surface area (Å²) in [5, 5.41) is 4.14. The summed E-state index contributed by atoms with van der Waals surface area (Å²) in [5.41, 5.74) is 2.71. The molecule has 0 unspecified atom stereocenters. The van der Waals surface area contributed by atoms with Gasteiger partial charge in [0.05, 0.1) is 11.2 Å². The second kappa shape index (κ2) is 5.88. The number of amides is 1. The van der Waals surface area contributed by atoms with Gasteiger partial charge in [-0.15, -0.1) is 0 Å². The number of carbonyl (C=O) groups is 1. The van der Waals surface area contributed by atoms with Gasteiger partial charge in [-0.05, 0) is 31.4 Å². The molecule has 0 saturated heterocycles. The molecule has 4 nitrogen and oxygen atoms in total. The number of fused-ring (bicyclic) bond motifs is 1. The van der Waals surface area contributed by atoms with Gasteiger partial charge in [-0.25, -0.2) is 0 Å². The lowest BCUT2D eigenvalue weighted by molar-refractivity contribution is 0.0944. The minimum atomic E-state index is 0.0195. The Kier molecular flexibility index (Phi) is 3.95. The van der Waals surface area contributed by atoms with Gasteiger partial charge in [-0.1, -0.05) is 25.7 Å². The minimum absolute atomic E-state index is 0.0195. The van der Waals surface area contributed by atoms with Gasteiger partial charge in [0.2, 0.25) is 0 Å². The molecule has 1 saturated carbocycles. The Balaban J connectivity index is 1.69. The summed E-state index contributed by atoms with van der Waals surface area (Å²) < 4.78 is 1.95. The second-order valence-electron chi connectivity index (χ2n) is 6.12. The average molecular weight is 285 g/mol. The molecule has 2 aromatic heterocycles. The quantitative estimate of drug-likeness (QED) is 0.937. The van der Waals surface area contributed by atoms with Crippen LogP contribution in [0.4, 0.5) is 0 Å². The van der Waals surface area contributed by atoms with Crippen molar-refractivity contribution >= 4 is 16.8 Å². The van der Waals surface area contributed by atoms with Crippen LogP contribution in [0.2, 0.25) is 0 Å². The van der Waals surface area contributed by atoms with Gasteiger partial charge in [0.25, 0.3) is 5.91 Å². The maximum absolute atomic E-state index is 12.4. The van der Waals surface area contributed by atoms with Gasteiger partial charge in [-0.3, -0.25) is 9.78 Å². The van der Waals surface area contributed by atoms with Crippen molar-refractivity contribution in [3.05, 3.63) is 29.7 Å². The molecule has 2 heterocycles. The summed E-state index contributed by atoms with van der Waals surface area (Å²) in [6, 6.07) is 3.91. The van der Waals surface area contributed by atoms with Crippen LogP contribution in [0.1, 0.15) is 48.3 Å². The highest BCUT2D eigenvalue weighted by molar-refractivity contribution is 5.99. The van der Waals surface area contributed by atoms with E-state index in [0.717, 1.165) is 35.5 Å². The zero-order chi connectivity index (χ0) is 14.8. The van der Waals surface area contributed by atoms with E-state index in [0.29, 0.717) is 5.69 Å². The number of nitrogens with zero attached hydrogens (tertiary/aromatic N) is 2. The van der Waals surface area contributed by atoms with Gasteiger partial charge >= 0.3 is 0 Å². The van der Waals surface area contributed by atoms with Crippen molar-refractivity contribution in [3.63, 3.8) is 0 Å². The molecular weight excluding hydrogens is 262 g/mol. The third kappa shape index (κ3) is 2.80. The zero-order valence-electron chi connectivity index (χ0n) is 12.9. The van der Waals surface area contributed by atoms with Crippen LogP contribution in [0.5, 0.6) is 0 Å². The van der Waals surface area contributed by atoms with Gasteiger partial charge in [0, 0.05) is 25.2 Å². The lowest BCUT2D eigenvalue weighted by Crippen LogP contribution is -2.27. The number of nitrogens with one attached hydrogen (secondary N) is 1. The lowest BCUT2D eigenvalue weighted by atomic mass is 10.0. The molecule has 0 spiro atoms. The van der Waals surface area contributed by atoms with Crippen molar-refractivity contribution in [1.82, 2.24) is 14.9 Å². The number of aryl methyl sites for hydroxylation is 2. The number of hydrogen-bond acceptors (Lipinski definition) is 2. The third-order valence-corrected chi connectivity index (χ3v) is 4.67. The first-order chi connectivity index (χ1) is 10.2. The Morgan fingerprint density at radius 2 is 2.19 bits per heavy atom. The monoisotopic (exact) mass is 285 g/mol. The van der Waals surface area contributed by atoms with E-state index >= 15 is 0 Å². The molecule has 0 bridgehead atoms. The predicted molar refractivity (Wildman–Crippen MR) is 84.4 cm³/mol. The molecule has 1 fully saturated rings. The van der Waals surface area contributed by atoms with Gasteiger partial charge in [-0.2, -0.15) is 0 Å². The summed E-state index contributed by atoms with van der Waals surface area (Å²) in [5.74, 6) is 0.829. The van der Waals surface area contributed by atoms with Gasteiger partial charge in [0.15, 0.2) is 0 Å². The standard InChI is InChI=1S/C17H23N3O/c1-12-16-14(8-10-18-12)11-15(20(16)2)17(21)19-9-7-13-5-3-4-6-13/h8,10-11,13H,3-7,9H2,1-2H3,(H,19,21). The van der Waals surface area contributed by atoms with Gasteiger partial charge in [0.1, 0.15) is 5.69 Å². The van der Waals surface area contributed by atoms with Crippen molar-refractivity contribution < 1.29 is 4.79 Å². The molecule has 21 heavy (non-hydrogen) atoms. The van der Waals surface area contributed by atoms with Crippen LogP contribution >= 0.6 is 0 Å². The fourth-order valence-electron chi connectivity index (χ4n) is 3.49. The largest absolute Gasteiger partial charge is 0.351 e. The molecule has 0 atom stereocenters. The summed E-state index contributed by atoms with van der Waals surface area (Å²) in [6.45, 7) is 2.76. The zero-order valence-corrected chi connectivity index (χ0v) is 12.9. The molecule has 2 aromatic rings. The SMILES string of the molecule is Cc1nccc2cc(C(=O)NCCC3CCCC3)n(C)c12. The highest BCUT2D eigenvalue weighted by Gasteiger charge is 2.17. The van der Waals surface area contributed by atoms with Crippen LogP contribution < -0.4 is 5.32 Å². The predicted octanol–water partition coefficient (Wildman–Crippen LogP) is 3.19. The van der Waals surface area contributed by atoms with Crippen molar-refractivity contribution in [2.75, 3.05) is 6.54 Å².